The van der Waals surface area contributed by atoms with E-state index in [1.54, 1.807) is 34.1 Å². The molecule has 2 aromatic rings. The number of hydrogen-bond donors (Lipinski definition) is 0. The summed E-state index contributed by atoms with van der Waals surface area (Å²) >= 11 is 6.09. The lowest BCUT2D eigenvalue weighted by atomic mass is 10.1. The Hall–Kier alpha value is -2.05. The summed E-state index contributed by atoms with van der Waals surface area (Å²) in [6, 6.07) is 11.7. The molecule has 2 fully saturated rings. The van der Waals surface area contributed by atoms with E-state index in [0.29, 0.717) is 10.7 Å². The number of sulfone groups is 1. The minimum atomic E-state index is -3.21. The molecule has 2 saturated heterocycles. The fraction of sp³-hybridized carbons (Fsp3) is 0.316. The molecule has 2 aliphatic heterocycles. The Labute approximate surface area is 158 Å². The molecule has 2 unspecified atom stereocenters. The molecular weight excluding hydrogens is 372 g/mol. The maximum atomic E-state index is 13.3. The summed E-state index contributed by atoms with van der Waals surface area (Å²) in [7, 11) is -3.21. The van der Waals surface area contributed by atoms with Crippen molar-refractivity contribution in [2.45, 2.75) is 25.9 Å². The van der Waals surface area contributed by atoms with Gasteiger partial charge in [-0.05, 0) is 55.3 Å². The molecular formula is C19H19ClN2O3S. The zero-order chi connectivity index (χ0) is 18.6. The van der Waals surface area contributed by atoms with E-state index in [4.69, 9.17) is 11.6 Å². The van der Waals surface area contributed by atoms with E-state index < -0.39 is 21.9 Å². The van der Waals surface area contributed by atoms with Crippen LogP contribution < -0.4 is 9.80 Å². The Morgan fingerprint density at radius 1 is 0.923 bits per heavy atom. The highest BCUT2D eigenvalue weighted by atomic mass is 35.5. The number of aryl methyl sites for hydroxylation is 2. The summed E-state index contributed by atoms with van der Waals surface area (Å²) in [4.78, 5) is 16.5. The fourth-order valence-corrected chi connectivity index (χ4v) is 5.91. The smallest absolute Gasteiger partial charge is 0.288 e. The van der Waals surface area contributed by atoms with Gasteiger partial charge in [-0.25, -0.2) is 13.2 Å². The van der Waals surface area contributed by atoms with Crippen molar-refractivity contribution in [2.75, 3.05) is 21.3 Å². The standard InChI is InChI=1S/C19H19ClN2O3S/c1-12-6-7-16(8-13(12)2)22-18-11-26(24,25)10-17(18)21(19(22)23)15-5-3-4-14(20)9-15/h3-9,17-18H,10-11H2,1-2H3. The van der Waals surface area contributed by atoms with Crippen molar-refractivity contribution in [3.05, 3.63) is 58.6 Å². The number of rotatable bonds is 2. The van der Waals surface area contributed by atoms with Crippen molar-refractivity contribution in [1.29, 1.82) is 0 Å². The topological polar surface area (TPSA) is 57.7 Å². The maximum Gasteiger partial charge on any atom is 0.329 e. The molecule has 2 atom stereocenters. The van der Waals surface area contributed by atoms with Gasteiger partial charge in [-0.3, -0.25) is 9.80 Å². The van der Waals surface area contributed by atoms with Gasteiger partial charge in [0.2, 0.25) is 0 Å². The number of amides is 2. The lowest BCUT2D eigenvalue weighted by Gasteiger charge is -2.23. The first-order valence-electron chi connectivity index (χ1n) is 8.42. The van der Waals surface area contributed by atoms with Gasteiger partial charge >= 0.3 is 6.03 Å². The molecule has 136 valence electrons. The largest absolute Gasteiger partial charge is 0.329 e. The molecule has 2 amide bonds. The average Bonchev–Trinajstić information content (AvgIpc) is 2.99. The molecule has 0 spiro atoms. The molecule has 26 heavy (non-hydrogen) atoms. The molecule has 2 aromatic carbocycles. The zero-order valence-corrected chi connectivity index (χ0v) is 16.1. The third-order valence-electron chi connectivity index (χ3n) is 5.22. The number of halogens is 1. The number of fused-ring (bicyclic) bond motifs is 1. The van der Waals surface area contributed by atoms with Gasteiger partial charge in [0.25, 0.3) is 0 Å². The van der Waals surface area contributed by atoms with E-state index in [0.717, 1.165) is 16.8 Å². The van der Waals surface area contributed by atoms with E-state index in [9.17, 15) is 13.2 Å². The highest BCUT2D eigenvalue weighted by Crippen LogP contribution is 2.38. The molecule has 7 heteroatoms. The summed E-state index contributed by atoms with van der Waals surface area (Å²) < 4.78 is 24.6. The number of carbonyl (C=O) groups is 1. The Bertz CT molecular complexity index is 1010. The number of carbonyl (C=O) groups excluding carboxylic acids is 1. The van der Waals surface area contributed by atoms with Crippen LogP contribution in [0.1, 0.15) is 11.1 Å². The summed E-state index contributed by atoms with van der Waals surface area (Å²) in [5, 5.41) is 0.511. The van der Waals surface area contributed by atoms with Gasteiger partial charge in [-0.2, -0.15) is 0 Å². The van der Waals surface area contributed by atoms with E-state index in [1.807, 2.05) is 32.0 Å². The van der Waals surface area contributed by atoms with Crippen molar-refractivity contribution in [3.8, 4) is 0 Å². The fourth-order valence-electron chi connectivity index (χ4n) is 3.81. The normalized spacial score (nSPS) is 24.2. The Balaban J connectivity index is 1.82. The van der Waals surface area contributed by atoms with Gasteiger partial charge in [0.1, 0.15) is 0 Å². The molecule has 2 heterocycles. The van der Waals surface area contributed by atoms with E-state index in [2.05, 4.69) is 0 Å². The van der Waals surface area contributed by atoms with E-state index in [-0.39, 0.29) is 17.5 Å². The summed E-state index contributed by atoms with van der Waals surface area (Å²) in [6.07, 6.45) is 0. The van der Waals surface area contributed by atoms with Crippen LogP contribution in [0, 0.1) is 13.8 Å². The van der Waals surface area contributed by atoms with Crippen LogP contribution in [0.3, 0.4) is 0 Å². The number of hydrogen-bond acceptors (Lipinski definition) is 3. The predicted molar refractivity (Wildman–Crippen MR) is 104 cm³/mol. The third-order valence-corrected chi connectivity index (χ3v) is 7.16. The van der Waals surface area contributed by atoms with E-state index >= 15 is 0 Å². The van der Waals surface area contributed by atoms with Crippen LogP contribution in [0.5, 0.6) is 0 Å². The average molecular weight is 391 g/mol. The van der Waals surface area contributed by atoms with Crippen LogP contribution in [0.25, 0.3) is 0 Å². The zero-order valence-electron chi connectivity index (χ0n) is 14.5. The Morgan fingerprint density at radius 2 is 1.54 bits per heavy atom. The van der Waals surface area contributed by atoms with Crippen LogP contribution in [0.4, 0.5) is 16.2 Å². The van der Waals surface area contributed by atoms with E-state index in [1.165, 1.54) is 0 Å². The van der Waals surface area contributed by atoms with Crippen molar-refractivity contribution in [1.82, 2.24) is 0 Å². The second-order valence-corrected chi connectivity index (χ2v) is 9.57. The van der Waals surface area contributed by atoms with Gasteiger partial charge in [0, 0.05) is 16.4 Å². The predicted octanol–water partition coefficient (Wildman–Crippen LogP) is 3.57. The van der Waals surface area contributed by atoms with Gasteiger partial charge in [-0.1, -0.05) is 23.7 Å². The first kappa shape index (κ1) is 17.4. The lowest BCUT2D eigenvalue weighted by Crippen LogP contribution is -2.38. The van der Waals surface area contributed by atoms with Crippen molar-refractivity contribution < 1.29 is 13.2 Å². The van der Waals surface area contributed by atoms with Crippen LogP contribution in [-0.4, -0.2) is 38.0 Å². The third kappa shape index (κ3) is 2.77. The van der Waals surface area contributed by atoms with Crippen molar-refractivity contribution >= 4 is 38.8 Å². The SMILES string of the molecule is Cc1ccc(N2C(=O)N(c3cccc(Cl)c3)C3CS(=O)(=O)CC32)cc1C. The molecule has 0 radical (unpaired) electrons. The van der Waals surface area contributed by atoms with Crippen molar-refractivity contribution in [3.63, 3.8) is 0 Å². The van der Waals surface area contributed by atoms with Crippen molar-refractivity contribution in [2.24, 2.45) is 0 Å². The molecule has 0 aromatic heterocycles. The van der Waals surface area contributed by atoms with Gasteiger partial charge in [0.15, 0.2) is 9.84 Å². The molecule has 4 rings (SSSR count). The lowest BCUT2D eigenvalue weighted by molar-refractivity contribution is 0.255. The molecule has 5 nitrogen and oxygen atoms in total. The molecule has 2 aliphatic rings. The summed E-state index contributed by atoms with van der Waals surface area (Å²) in [5.41, 5.74) is 3.55. The monoisotopic (exact) mass is 390 g/mol. The Kier molecular flexibility index (Phi) is 4.00. The Morgan fingerprint density at radius 3 is 2.12 bits per heavy atom. The summed E-state index contributed by atoms with van der Waals surface area (Å²) in [5.74, 6) is -0.0509. The highest BCUT2D eigenvalue weighted by Gasteiger charge is 2.54. The second kappa shape index (κ2) is 5.99. The van der Waals surface area contributed by atoms with Crippen LogP contribution >= 0.6 is 11.6 Å². The first-order valence-corrected chi connectivity index (χ1v) is 10.6. The molecule has 0 aliphatic carbocycles. The van der Waals surface area contributed by atoms with Crippen LogP contribution in [0.15, 0.2) is 42.5 Å². The van der Waals surface area contributed by atoms with Gasteiger partial charge in [-0.15, -0.1) is 0 Å². The van der Waals surface area contributed by atoms with Crippen LogP contribution in [0.2, 0.25) is 5.02 Å². The first-order chi connectivity index (χ1) is 12.3. The second-order valence-electron chi connectivity index (χ2n) is 6.98. The minimum absolute atomic E-state index is 0.0204. The maximum absolute atomic E-state index is 13.3. The summed E-state index contributed by atoms with van der Waals surface area (Å²) in [6.45, 7) is 3.99. The molecule has 0 bridgehead atoms. The highest BCUT2D eigenvalue weighted by molar-refractivity contribution is 7.91. The number of anilines is 2. The molecule has 0 saturated carbocycles. The molecule has 0 N–H and O–H groups in total. The van der Waals surface area contributed by atoms with Gasteiger partial charge in [0.05, 0.1) is 23.6 Å². The number of urea groups is 1. The van der Waals surface area contributed by atoms with Gasteiger partial charge < -0.3 is 0 Å². The minimum Gasteiger partial charge on any atom is -0.288 e. The number of nitrogens with zero attached hydrogens (tertiary/aromatic N) is 2. The number of benzene rings is 2. The quantitative estimate of drug-likeness (QED) is 0.736. The van der Waals surface area contributed by atoms with Crippen LogP contribution in [-0.2, 0) is 9.84 Å².